The van der Waals surface area contributed by atoms with Crippen LogP contribution >= 0.6 is 11.6 Å². The van der Waals surface area contributed by atoms with E-state index in [9.17, 15) is 4.79 Å². The minimum Gasteiger partial charge on any atom is -0.376 e. The second-order valence-electron chi connectivity index (χ2n) is 6.25. The van der Waals surface area contributed by atoms with E-state index in [0.29, 0.717) is 10.6 Å². The van der Waals surface area contributed by atoms with Crippen LogP contribution < -0.4 is 5.43 Å². The molecule has 2 heterocycles. The van der Waals surface area contributed by atoms with Crippen molar-refractivity contribution in [1.29, 1.82) is 0 Å². The monoisotopic (exact) mass is 359 g/mol. The normalized spacial score (nSPS) is 17.3. The van der Waals surface area contributed by atoms with Crippen LogP contribution in [0.25, 0.3) is 0 Å². The molecule has 2 aromatic rings. The average molecular weight is 360 g/mol. The van der Waals surface area contributed by atoms with Gasteiger partial charge in [0.15, 0.2) is 0 Å². The summed E-state index contributed by atoms with van der Waals surface area (Å²) in [6, 6.07) is 8.96. The second-order valence-corrected chi connectivity index (χ2v) is 6.66. The molecule has 6 heteroatoms. The van der Waals surface area contributed by atoms with Gasteiger partial charge in [-0.2, -0.15) is 5.10 Å². The van der Waals surface area contributed by atoms with Crippen molar-refractivity contribution in [1.82, 2.24) is 9.99 Å². The Balaban J connectivity index is 1.67. The van der Waals surface area contributed by atoms with Gasteiger partial charge in [0.2, 0.25) is 0 Å². The summed E-state index contributed by atoms with van der Waals surface area (Å²) in [7, 11) is 0. The molecule has 1 amide bonds. The molecule has 25 heavy (non-hydrogen) atoms. The number of ether oxygens (including phenoxy) is 1. The SMILES string of the molecule is Cc1cc(/C=N\NC(=O)c2ccccc2Cl)c(C)n1C[C@@H]1CCCO1. The van der Waals surface area contributed by atoms with E-state index in [-0.39, 0.29) is 12.0 Å². The Morgan fingerprint density at radius 2 is 2.24 bits per heavy atom. The minimum absolute atomic E-state index is 0.287. The summed E-state index contributed by atoms with van der Waals surface area (Å²) in [5.41, 5.74) is 6.19. The van der Waals surface area contributed by atoms with Crippen LogP contribution in [0, 0.1) is 13.8 Å². The largest absolute Gasteiger partial charge is 0.376 e. The fourth-order valence-electron chi connectivity index (χ4n) is 3.10. The van der Waals surface area contributed by atoms with E-state index >= 15 is 0 Å². The van der Waals surface area contributed by atoms with Crippen LogP contribution in [0.1, 0.15) is 40.2 Å². The summed E-state index contributed by atoms with van der Waals surface area (Å²) in [5, 5.41) is 4.49. The summed E-state index contributed by atoms with van der Waals surface area (Å²) in [6.45, 7) is 5.84. The molecule has 0 saturated carbocycles. The number of nitrogens with one attached hydrogen (secondary N) is 1. The van der Waals surface area contributed by atoms with Crippen molar-refractivity contribution in [3.8, 4) is 0 Å². The van der Waals surface area contributed by atoms with Crippen molar-refractivity contribution < 1.29 is 9.53 Å². The average Bonchev–Trinajstić information content (AvgIpc) is 3.19. The molecule has 1 fully saturated rings. The number of aryl methyl sites for hydroxylation is 1. The number of hydrogen-bond acceptors (Lipinski definition) is 3. The van der Waals surface area contributed by atoms with Crippen molar-refractivity contribution in [2.24, 2.45) is 5.10 Å². The van der Waals surface area contributed by atoms with Gasteiger partial charge in [-0.15, -0.1) is 0 Å². The number of aromatic nitrogens is 1. The van der Waals surface area contributed by atoms with Crippen molar-refractivity contribution >= 4 is 23.7 Å². The number of benzene rings is 1. The molecule has 1 aliphatic heterocycles. The minimum atomic E-state index is -0.324. The quantitative estimate of drug-likeness (QED) is 0.653. The Bertz CT molecular complexity index is 792. The molecule has 0 radical (unpaired) electrons. The molecule has 132 valence electrons. The lowest BCUT2D eigenvalue weighted by Crippen LogP contribution is -2.18. The zero-order valence-electron chi connectivity index (χ0n) is 14.5. The van der Waals surface area contributed by atoms with Crippen molar-refractivity contribution in [3.05, 3.63) is 57.9 Å². The van der Waals surface area contributed by atoms with Gasteiger partial charge < -0.3 is 9.30 Å². The number of hydrazone groups is 1. The molecule has 1 saturated heterocycles. The molecular weight excluding hydrogens is 338 g/mol. The number of hydrogen-bond donors (Lipinski definition) is 1. The number of carbonyl (C=O) groups is 1. The fourth-order valence-corrected chi connectivity index (χ4v) is 3.32. The molecule has 1 aromatic heterocycles. The van der Waals surface area contributed by atoms with Crippen LogP contribution in [0.15, 0.2) is 35.4 Å². The van der Waals surface area contributed by atoms with Gasteiger partial charge in [-0.25, -0.2) is 5.43 Å². The standard InChI is InChI=1S/C19H22ClN3O2/c1-13-10-15(14(2)23(13)12-16-6-5-9-25-16)11-21-22-19(24)17-7-3-4-8-18(17)20/h3-4,7-8,10-11,16H,5-6,9,12H2,1-2H3,(H,22,24)/b21-11-/t16-/m0/s1. The first-order chi connectivity index (χ1) is 12.1. The Morgan fingerprint density at radius 3 is 2.96 bits per heavy atom. The van der Waals surface area contributed by atoms with Gasteiger partial charge in [0.05, 0.1) is 22.9 Å². The second kappa shape index (κ2) is 7.85. The predicted molar refractivity (Wildman–Crippen MR) is 99.4 cm³/mol. The Labute approximate surface area is 152 Å². The highest BCUT2D eigenvalue weighted by molar-refractivity contribution is 6.33. The Kier molecular flexibility index (Phi) is 5.56. The van der Waals surface area contributed by atoms with Gasteiger partial charge in [-0.3, -0.25) is 4.79 Å². The van der Waals surface area contributed by atoms with Crippen LogP contribution in [0.2, 0.25) is 5.02 Å². The third-order valence-corrected chi connectivity index (χ3v) is 4.84. The molecule has 0 aliphatic carbocycles. The van der Waals surface area contributed by atoms with Crippen LogP contribution in [0.4, 0.5) is 0 Å². The maximum absolute atomic E-state index is 12.1. The van der Waals surface area contributed by atoms with Crippen LogP contribution in [-0.2, 0) is 11.3 Å². The zero-order valence-corrected chi connectivity index (χ0v) is 15.2. The molecule has 3 rings (SSSR count). The topological polar surface area (TPSA) is 55.6 Å². The Hall–Kier alpha value is -2.11. The number of carbonyl (C=O) groups excluding carboxylic acids is 1. The maximum Gasteiger partial charge on any atom is 0.272 e. The summed E-state index contributed by atoms with van der Waals surface area (Å²) in [6.07, 6.45) is 4.19. The molecule has 5 nitrogen and oxygen atoms in total. The van der Waals surface area contributed by atoms with Gasteiger partial charge in [0.1, 0.15) is 0 Å². The number of nitrogens with zero attached hydrogens (tertiary/aromatic N) is 2. The molecular formula is C19H22ClN3O2. The van der Waals surface area contributed by atoms with Crippen molar-refractivity contribution in [2.75, 3.05) is 6.61 Å². The first kappa shape index (κ1) is 17.7. The third kappa shape index (κ3) is 4.11. The van der Waals surface area contributed by atoms with E-state index in [4.69, 9.17) is 16.3 Å². The third-order valence-electron chi connectivity index (χ3n) is 4.51. The van der Waals surface area contributed by atoms with Gasteiger partial charge in [-0.05, 0) is 44.9 Å². The number of amides is 1. The van der Waals surface area contributed by atoms with Crippen molar-refractivity contribution in [2.45, 2.75) is 39.3 Å². The summed E-state index contributed by atoms with van der Waals surface area (Å²) < 4.78 is 7.97. The highest BCUT2D eigenvalue weighted by Crippen LogP contribution is 2.19. The molecule has 1 aromatic carbocycles. The first-order valence-corrected chi connectivity index (χ1v) is 8.80. The lowest BCUT2D eigenvalue weighted by atomic mass is 10.2. The molecule has 0 bridgehead atoms. The lowest BCUT2D eigenvalue weighted by molar-refractivity contribution is 0.0954. The van der Waals surface area contributed by atoms with E-state index in [0.717, 1.165) is 42.9 Å². The van der Waals surface area contributed by atoms with E-state index in [1.165, 1.54) is 0 Å². The van der Waals surface area contributed by atoms with Gasteiger partial charge >= 0.3 is 0 Å². The zero-order chi connectivity index (χ0) is 17.8. The molecule has 0 spiro atoms. The molecule has 1 aliphatic rings. The summed E-state index contributed by atoms with van der Waals surface area (Å²) in [4.78, 5) is 12.1. The van der Waals surface area contributed by atoms with Crippen molar-refractivity contribution in [3.63, 3.8) is 0 Å². The lowest BCUT2D eigenvalue weighted by Gasteiger charge is -2.14. The summed E-state index contributed by atoms with van der Waals surface area (Å²) in [5.74, 6) is -0.324. The molecule has 1 N–H and O–H groups in total. The van der Waals surface area contributed by atoms with E-state index in [1.807, 2.05) is 0 Å². The van der Waals surface area contributed by atoms with Crippen LogP contribution in [-0.4, -0.2) is 29.4 Å². The number of rotatable bonds is 5. The smallest absolute Gasteiger partial charge is 0.272 e. The van der Waals surface area contributed by atoms with Gasteiger partial charge in [-0.1, -0.05) is 23.7 Å². The fraction of sp³-hybridized carbons (Fsp3) is 0.368. The van der Waals surface area contributed by atoms with Gasteiger partial charge in [0, 0.05) is 30.1 Å². The molecule has 0 unspecified atom stereocenters. The highest BCUT2D eigenvalue weighted by Gasteiger charge is 2.18. The van der Waals surface area contributed by atoms with E-state index in [1.54, 1.807) is 30.5 Å². The van der Waals surface area contributed by atoms with E-state index < -0.39 is 0 Å². The summed E-state index contributed by atoms with van der Waals surface area (Å²) >= 11 is 6.02. The van der Waals surface area contributed by atoms with Gasteiger partial charge in [0.25, 0.3) is 5.91 Å². The number of halogens is 1. The molecule has 1 atom stereocenters. The maximum atomic E-state index is 12.1. The highest BCUT2D eigenvalue weighted by atomic mass is 35.5. The first-order valence-electron chi connectivity index (χ1n) is 8.42. The Morgan fingerprint density at radius 1 is 1.44 bits per heavy atom. The van der Waals surface area contributed by atoms with E-state index in [2.05, 4.69) is 35.0 Å². The van der Waals surface area contributed by atoms with Crippen LogP contribution in [0.5, 0.6) is 0 Å². The van der Waals surface area contributed by atoms with Crippen LogP contribution in [0.3, 0.4) is 0 Å². The predicted octanol–water partition coefficient (Wildman–Crippen LogP) is 3.70.